The fourth-order valence-electron chi connectivity index (χ4n) is 3.20. The highest BCUT2D eigenvalue weighted by molar-refractivity contribution is 5.96. The van der Waals surface area contributed by atoms with Gasteiger partial charge in [-0.2, -0.15) is 0 Å². The number of aromatic amines is 1. The zero-order valence-electron chi connectivity index (χ0n) is 18.4. The van der Waals surface area contributed by atoms with Crippen LogP contribution in [0, 0.1) is 0 Å². The van der Waals surface area contributed by atoms with E-state index in [1.807, 2.05) is 0 Å². The topological polar surface area (TPSA) is 244 Å². The van der Waals surface area contributed by atoms with Gasteiger partial charge >= 0.3 is 11.9 Å². The van der Waals surface area contributed by atoms with Gasteiger partial charge < -0.3 is 47.1 Å². The fraction of sp³-hybridized carbons (Fsp3) is 0.381. The van der Waals surface area contributed by atoms with Crippen LogP contribution in [0.1, 0.15) is 12.0 Å². The summed E-state index contributed by atoms with van der Waals surface area (Å²) < 4.78 is 0. The average molecular weight is 493 g/mol. The molecule has 2 rings (SSSR count). The van der Waals surface area contributed by atoms with Crippen LogP contribution >= 0.6 is 0 Å². The van der Waals surface area contributed by atoms with E-state index in [0.29, 0.717) is 5.56 Å². The Balaban J connectivity index is 2.14. The number of aromatic nitrogens is 1. The van der Waals surface area contributed by atoms with Gasteiger partial charge in [0.15, 0.2) is 0 Å². The molecular weight excluding hydrogens is 466 g/mol. The smallest absolute Gasteiger partial charge is 0.326 e. The Hall–Kier alpha value is -4.01. The van der Waals surface area contributed by atoms with Gasteiger partial charge in [0.05, 0.1) is 19.6 Å². The molecule has 0 spiro atoms. The molecule has 3 amide bonds. The summed E-state index contributed by atoms with van der Waals surface area (Å²) in [6.07, 6.45) is 0.557. The first-order chi connectivity index (χ1) is 16.6. The summed E-state index contributed by atoms with van der Waals surface area (Å²) in [6.45, 7) is -1.65. The van der Waals surface area contributed by atoms with E-state index in [2.05, 4.69) is 20.9 Å². The van der Waals surface area contributed by atoms with Crippen molar-refractivity contribution in [2.24, 2.45) is 5.73 Å². The van der Waals surface area contributed by atoms with Crippen molar-refractivity contribution >= 4 is 40.6 Å². The van der Waals surface area contributed by atoms with Gasteiger partial charge in [-0.05, 0) is 11.6 Å². The highest BCUT2D eigenvalue weighted by Gasteiger charge is 2.31. The van der Waals surface area contributed by atoms with Gasteiger partial charge in [0, 0.05) is 23.5 Å². The molecule has 0 fully saturated rings. The van der Waals surface area contributed by atoms with Gasteiger partial charge in [0.2, 0.25) is 17.7 Å². The maximum absolute atomic E-state index is 12.7. The molecule has 0 aliphatic rings. The summed E-state index contributed by atoms with van der Waals surface area (Å²) >= 11 is 0. The summed E-state index contributed by atoms with van der Waals surface area (Å²) in [4.78, 5) is 63.0. The lowest BCUT2D eigenvalue weighted by atomic mass is 10.0. The zero-order chi connectivity index (χ0) is 26.1. The van der Waals surface area contributed by atoms with Crippen LogP contribution in [0.2, 0.25) is 0 Å². The normalized spacial score (nSPS) is 14.4. The number of H-pyrrole nitrogens is 1. The fourth-order valence-corrected chi connectivity index (χ4v) is 3.20. The molecule has 1 heterocycles. The van der Waals surface area contributed by atoms with Crippen LogP contribution in [-0.2, 0) is 30.4 Å². The van der Waals surface area contributed by atoms with Crippen molar-refractivity contribution in [2.75, 3.05) is 13.2 Å². The van der Waals surface area contributed by atoms with Crippen LogP contribution in [0.15, 0.2) is 30.5 Å². The number of aliphatic hydroxyl groups excluding tert-OH is 2. The lowest BCUT2D eigenvalue weighted by Gasteiger charge is -2.23. The number of carbonyl (C=O) groups excluding carboxylic acids is 3. The molecule has 14 nitrogen and oxygen atoms in total. The predicted molar refractivity (Wildman–Crippen MR) is 120 cm³/mol. The molecule has 0 aliphatic carbocycles. The predicted octanol–water partition coefficient (Wildman–Crippen LogP) is -2.96. The number of carbonyl (C=O) groups is 5. The molecule has 2 aromatic rings. The van der Waals surface area contributed by atoms with Crippen LogP contribution in [0.4, 0.5) is 0 Å². The summed E-state index contributed by atoms with van der Waals surface area (Å²) in [6, 6.07) is 0.944. The van der Waals surface area contributed by atoms with E-state index in [0.717, 1.165) is 10.9 Å². The molecule has 1 aromatic heterocycles. The third kappa shape index (κ3) is 7.49. The summed E-state index contributed by atoms with van der Waals surface area (Å²) in [5.41, 5.74) is 6.68. The molecule has 1 aromatic carbocycles. The van der Waals surface area contributed by atoms with E-state index >= 15 is 0 Å². The van der Waals surface area contributed by atoms with Gasteiger partial charge in [-0.1, -0.05) is 18.2 Å². The van der Waals surface area contributed by atoms with Gasteiger partial charge in [-0.25, -0.2) is 4.79 Å². The Labute approximate surface area is 198 Å². The Morgan fingerprint density at radius 1 is 0.857 bits per heavy atom. The van der Waals surface area contributed by atoms with E-state index in [-0.39, 0.29) is 6.42 Å². The van der Waals surface area contributed by atoms with Crippen LogP contribution in [0.25, 0.3) is 10.9 Å². The number of para-hydroxylation sites is 1. The first-order valence-electron chi connectivity index (χ1n) is 10.4. The number of aliphatic hydroxyl groups is 2. The SMILES string of the molecule is NC(CO)C(=O)NC(CO)C(=O)NC(CC(=O)O)C(=O)NC(Cc1c[nH]c2ccccc12)C(=O)O. The number of nitrogens with two attached hydrogens (primary N) is 1. The second-order valence-electron chi connectivity index (χ2n) is 7.65. The third-order valence-corrected chi connectivity index (χ3v) is 5.07. The number of rotatable bonds is 13. The summed E-state index contributed by atoms with van der Waals surface area (Å²) in [5, 5.41) is 44.2. The molecule has 35 heavy (non-hydrogen) atoms. The standard InChI is InChI=1S/C21H27N5O9/c22-12(8-27)18(31)26-16(9-28)20(33)24-14(6-17(29)30)19(32)25-15(21(34)35)5-10-7-23-13-4-2-1-3-11(10)13/h1-4,7,12,14-16,23,27-28H,5-6,8-9,22H2,(H,24,33)(H,25,32)(H,26,31)(H,29,30)(H,34,35). The van der Waals surface area contributed by atoms with Crippen molar-refractivity contribution in [3.05, 3.63) is 36.0 Å². The van der Waals surface area contributed by atoms with Crippen molar-refractivity contribution in [1.82, 2.24) is 20.9 Å². The van der Waals surface area contributed by atoms with E-state index in [1.54, 1.807) is 30.5 Å². The Bertz CT molecular complexity index is 1090. The van der Waals surface area contributed by atoms with E-state index < -0.39 is 73.5 Å². The van der Waals surface area contributed by atoms with Gasteiger partial charge in [0.25, 0.3) is 0 Å². The third-order valence-electron chi connectivity index (χ3n) is 5.07. The first kappa shape index (κ1) is 27.2. The molecular formula is C21H27N5O9. The van der Waals surface area contributed by atoms with Crippen molar-refractivity contribution in [3.8, 4) is 0 Å². The molecule has 0 radical (unpaired) electrons. The number of aliphatic carboxylic acids is 2. The summed E-state index contributed by atoms with van der Waals surface area (Å²) in [7, 11) is 0. The molecule has 0 aliphatic heterocycles. The number of carboxylic acids is 2. The lowest BCUT2D eigenvalue weighted by molar-refractivity contribution is -0.143. The molecule has 190 valence electrons. The minimum atomic E-state index is -1.72. The monoisotopic (exact) mass is 493 g/mol. The van der Waals surface area contributed by atoms with Crippen molar-refractivity contribution in [1.29, 1.82) is 0 Å². The zero-order valence-corrected chi connectivity index (χ0v) is 18.4. The number of hydrogen-bond donors (Lipinski definition) is 9. The second kappa shape index (κ2) is 12.5. The summed E-state index contributed by atoms with van der Waals surface area (Å²) in [5.74, 6) is -6.03. The Morgan fingerprint density at radius 2 is 1.46 bits per heavy atom. The Morgan fingerprint density at radius 3 is 2.06 bits per heavy atom. The minimum absolute atomic E-state index is 0.132. The lowest BCUT2D eigenvalue weighted by Crippen LogP contribution is -2.58. The molecule has 0 bridgehead atoms. The maximum Gasteiger partial charge on any atom is 0.326 e. The van der Waals surface area contributed by atoms with Crippen molar-refractivity contribution in [3.63, 3.8) is 0 Å². The number of hydrogen-bond acceptors (Lipinski definition) is 8. The second-order valence-corrected chi connectivity index (χ2v) is 7.65. The quantitative estimate of drug-likeness (QED) is 0.137. The van der Waals surface area contributed by atoms with E-state index in [1.165, 1.54) is 0 Å². The molecule has 14 heteroatoms. The molecule has 4 unspecified atom stereocenters. The maximum atomic E-state index is 12.7. The first-order valence-corrected chi connectivity index (χ1v) is 10.4. The highest BCUT2D eigenvalue weighted by Crippen LogP contribution is 2.19. The van der Waals surface area contributed by atoms with E-state index in [9.17, 15) is 34.2 Å². The molecule has 0 saturated carbocycles. The van der Waals surface area contributed by atoms with Gasteiger partial charge in [0.1, 0.15) is 24.2 Å². The van der Waals surface area contributed by atoms with Crippen LogP contribution in [0.5, 0.6) is 0 Å². The van der Waals surface area contributed by atoms with Crippen LogP contribution in [-0.4, -0.2) is 92.5 Å². The van der Waals surface area contributed by atoms with Crippen LogP contribution in [0.3, 0.4) is 0 Å². The number of carboxylic acid groups (broad SMARTS) is 2. The molecule has 0 saturated heterocycles. The molecule has 10 N–H and O–H groups in total. The van der Waals surface area contributed by atoms with Crippen molar-refractivity contribution < 1.29 is 44.4 Å². The molecule has 4 atom stereocenters. The number of nitrogens with one attached hydrogen (secondary N) is 4. The number of amides is 3. The highest BCUT2D eigenvalue weighted by atomic mass is 16.4. The van der Waals surface area contributed by atoms with Crippen molar-refractivity contribution in [2.45, 2.75) is 37.0 Å². The minimum Gasteiger partial charge on any atom is -0.481 e. The van der Waals surface area contributed by atoms with E-state index in [4.69, 9.17) is 15.9 Å². The van der Waals surface area contributed by atoms with Gasteiger partial charge in [-0.15, -0.1) is 0 Å². The number of benzene rings is 1. The van der Waals surface area contributed by atoms with Crippen LogP contribution < -0.4 is 21.7 Å². The van der Waals surface area contributed by atoms with Gasteiger partial charge in [-0.3, -0.25) is 19.2 Å². The Kier molecular flexibility index (Phi) is 9.69. The number of fused-ring (bicyclic) bond motifs is 1. The largest absolute Gasteiger partial charge is 0.481 e. The average Bonchev–Trinajstić information content (AvgIpc) is 3.23.